The van der Waals surface area contributed by atoms with E-state index in [0.717, 1.165) is 16.6 Å². The summed E-state index contributed by atoms with van der Waals surface area (Å²) < 4.78 is 23.9. The van der Waals surface area contributed by atoms with E-state index in [1.807, 2.05) is 6.92 Å². The van der Waals surface area contributed by atoms with Crippen molar-refractivity contribution in [2.75, 3.05) is 0 Å². The molecule has 80 valence electrons. The molecule has 0 aliphatic carbocycles. The molecule has 0 saturated carbocycles. The lowest BCUT2D eigenvalue weighted by atomic mass is 10.2. The van der Waals surface area contributed by atoms with Crippen molar-refractivity contribution in [3.05, 3.63) is 23.9 Å². The van der Waals surface area contributed by atoms with Crippen molar-refractivity contribution >= 4 is 30.6 Å². The molecule has 0 spiro atoms. The smallest absolute Gasteiger partial charge is 0.261 e. The van der Waals surface area contributed by atoms with Gasteiger partial charge in [0, 0.05) is 23.1 Å². The topological polar surface area (TPSA) is 52.0 Å². The van der Waals surface area contributed by atoms with Crippen LogP contribution >= 0.6 is 10.7 Å². The Balaban J connectivity index is 2.82. The number of aryl methyl sites for hydroxylation is 2. The molecular weight excluding hydrogens is 236 g/mol. The number of benzene rings is 1. The van der Waals surface area contributed by atoms with E-state index in [2.05, 4.69) is 5.10 Å². The Hall–Kier alpha value is -1.07. The SMILES string of the molecule is Cc1nn(C)c2cc(S(=O)(=O)Cl)ccc12. The van der Waals surface area contributed by atoms with Crippen LogP contribution in [-0.4, -0.2) is 18.2 Å². The van der Waals surface area contributed by atoms with Gasteiger partial charge in [0.25, 0.3) is 9.05 Å². The van der Waals surface area contributed by atoms with Gasteiger partial charge in [0.15, 0.2) is 0 Å². The highest BCUT2D eigenvalue weighted by Gasteiger charge is 2.13. The first-order valence-corrected chi connectivity index (χ1v) is 6.58. The minimum Gasteiger partial charge on any atom is -0.268 e. The number of fused-ring (bicyclic) bond motifs is 1. The molecule has 6 heteroatoms. The molecule has 0 unspecified atom stereocenters. The maximum Gasteiger partial charge on any atom is 0.261 e. The summed E-state index contributed by atoms with van der Waals surface area (Å²) in [5.74, 6) is 0. The Morgan fingerprint density at radius 1 is 1.40 bits per heavy atom. The van der Waals surface area contributed by atoms with Crippen LogP contribution < -0.4 is 0 Å². The van der Waals surface area contributed by atoms with Gasteiger partial charge < -0.3 is 0 Å². The first-order chi connectivity index (χ1) is 6.89. The molecule has 0 saturated heterocycles. The maximum absolute atomic E-state index is 11.1. The first-order valence-electron chi connectivity index (χ1n) is 4.27. The van der Waals surface area contributed by atoms with Crippen LogP contribution in [0.25, 0.3) is 10.9 Å². The van der Waals surface area contributed by atoms with Gasteiger partial charge in [0.2, 0.25) is 0 Å². The molecule has 2 rings (SSSR count). The number of hydrogen-bond donors (Lipinski definition) is 0. The molecule has 1 heterocycles. The predicted molar refractivity (Wildman–Crippen MR) is 58.5 cm³/mol. The summed E-state index contributed by atoms with van der Waals surface area (Å²) in [6.45, 7) is 1.87. The van der Waals surface area contributed by atoms with Gasteiger partial charge in [-0.25, -0.2) is 8.42 Å². The van der Waals surface area contributed by atoms with Gasteiger partial charge in [-0.2, -0.15) is 5.10 Å². The third kappa shape index (κ3) is 1.72. The Morgan fingerprint density at radius 3 is 2.67 bits per heavy atom. The highest BCUT2D eigenvalue weighted by molar-refractivity contribution is 8.13. The maximum atomic E-state index is 11.1. The van der Waals surface area contributed by atoms with Crippen LogP contribution in [0.4, 0.5) is 0 Å². The molecule has 0 fully saturated rings. The molecule has 15 heavy (non-hydrogen) atoms. The average Bonchev–Trinajstić information content (AvgIpc) is 2.41. The third-order valence-corrected chi connectivity index (χ3v) is 3.64. The number of nitrogens with zero attached hydrogens (tertiary/aromatic N) is 2. The molecular formula is C9H9ClN2O2S. The fourth-order valence-corrected chi connectivity index (χ4v) is 2.34. The number of rotatable bonds is 1. The molecule has 4 nitrogen and oxygen atoms in total. The van der Waals surface area contributed by atoms with Crippen molar-refractivity contribution in [3.8, 4) is 0 Å². The Labute approximate surface area is 91.9 Å². The van der Waals surface area contributed by atoms with Crippen molar-refractivity contribution in [2.24, 2.45) is 7.05 Å². The van der Waals surface area contributed by atoms with Gasteiger partial charge in [0.05, 0.1) is 16.1 Å². The molecule has 0 aliphatic rings. The molecule has 1 aromatic heterocycles. The summed E-state index contributed by atoms with van der Waals surface area (Å²) in [5, 5.41) is 5.12. The normalized spacial score (nSPS) is 12.2. The van der Waals surface area contributed by atoms with E-state index in [4.69, 9.17) is 10.7 Å². The van der Waals surface area contributed by atoms with Crippen LogP contribution in [0, 0.1) is 6.92 Å². The molecule has 0 radical (unpaired) electrons. The van der Waals surface area contributed by atoms with Crippen molar-refractivity contribution < 1.29 is 8.42 Å². The van der Waals surface area contributed by atoms with Crippen molar-refractivity contribution in [1.29, 1.82) is 0 Å². The van der Waals surface area contributed by atoms with Crippen LogP contribution in [0.2, 0.25) is 0 Å². The molecule has 2 aromatic rings. The minimum atomic E-state index is -3.67. The molecule has 0 bridgehead atoms. The Kier molecular flexibility index (Phi) is 2.24. The lowest BCUT2D eigenvalue weighted by Crippen LogP contribution is -1.93. The average molecular weight is 245 g/mol. The van der Waals surface area contributed by atoms with E-state index in [-0.39, 0.29) is 4.90 Å². The van der Waals surface area contributed by atoms with Crippen LogP contribution in [0.1, 0.15) is 5.69 Å². The summed E-state index contributed by atoms with van der Waals surface area (Å²) >= 11 is 0. The van der Waals surface area contributed by atoms with Crippen molar-refractivity contribution in [2.45, 2.75) is 11.8 Å². The summed E-state index contributed by atoms with van der Waals surface area (Å²) in [6, 6.07) is 4.73. The third-order valence-electron chi connectivity index (χ3n) is 2.29. The zero-order chi connectivity index (χ0) is 11.2. The van der Waals surface area contributed by atoms with E-state index < -0.39 is 9.05 Å². The van der Waals surface area contributed by atoms with Gasteiger partial charge in [-0.05, 0) is 25.1 Å². The highest BCUT2D eigenvalue weighted by atomic mass is 35.7. The van der Waals surface area contributed by atoms with E-state index in [1.165, 1.54) is 12.1 Å². The molecule has 0 atom stereocenters. The molecule has 0 amide bonds. The quantitative estimate of drug-likeness (QED) is 0.719. The summed E-state index contributed by atoms with van der Waals surface area (Å²) in [6.07, 6.45) is 0. The summed E-state index contributed by atoms with van der Waals surface area (Å²) in [7, 11) is 3.35. The zero-order valence-electron chi connectivity index (χ0n) is 8.23. The van der Waals surface area contributed by atoms with Gasteiger partial charge in [-0.1, -0.05) is 0 Å². The van der Waals surface area contributed by atoms with Crippen LogP contribution in [0.5, 0.6) is 0 Å². The first kappa shape index (κ1) is 10.4. The second-order valence-corrected chi connectivity index (χ2v) is 5.89. The molecule has 0 aliphatic heterocycles. The largest absolute Gasteiger partial charge is 0.268 e. The predicted octanol–water partition coefficient (Wildman–Crippen LogP) is 1.81. The number of hydrogen-bond acceptors (Lipinski definition) is 3. The molecule has 0 N–H and O–H groups in total. The van der Waals surface area contributed by atoms with Gasteiger partial charge in [0.1, 0.15) is 0 Å². The zero-order valence-corrected chi connectivity index (χ0v) is 9.80. The van der Waals surface area contributed by atoms with Crippen molar-refractivity contribution in [3.63, 3.8) is 0 Å². The summed E-state index contributed by atoms with van der Waals surface area (Å²) in [5.41, 5.74) is 1.63. The minimum absolute atomic E-state index is 0.0969. The molecule has 1 aromatic carbocycles. The second kappa shape index (κ2) is 3.21. The monoisotopic (exact) mass is 244 g/mol. The van der Waals surface area contributed by atoms with E-state index in [1.54, 1.807) is 17.8 Å². The fourth-order valence-electron chi connectivity index (χ4n) is 1.57. The van der Waals surface area contributed by atoms with E-state index >= 15 is 0 Å². The number of halogens is 1. The van der Waals surface area contributed by atoms with Crippen LogP contribution in [0.15, 0.2) is 23.1 Å². The van der Waals surface area contributed by atoms with Gasteiger partial charge >= 0.3 is 0 Å². The lowest BCUT2D eigenvalue weighted by Gasteiger charge is -1.97. The Morgan fingerprint density at radius 2 is 2.07 bits per heavy atom. The lowest BCUT2D eigenvalue weighted by molar-refractivity contribution is 0.609. The Bertz CT molecular complexity index is 631. The summed E-state index contributed by atoms with van der Waals surface area (Å²) in [4.78, 5) is 0.0969. The number of aromatic nitrogens is 2. The van der Waals surface area contributed by atoms with Crippen LogP contribution in [-0.2, 0) is 16.1 Å². The van der Waals surface area contributed by atoms with Crippen LogP contribution in [0.3, 0.4) is 0 Å². The van der Waals surface area contributed by atoms with Gasteiger partial charge in [-0.15, -0.1) is 0 Å². The van der Waals surface area contributed by atoms with Gasteiger partial charge in [-0.3, -0.25) is 4.68 Å². The van der Waals surface area contributed by atoms with E-state index in [9.17, 15) is 8.42 Å². The van der Waals surface area contributed by atoms with E-state index in [0.29, 0.717) is 0 Å². The fraction of sp³-hybridized carbons (Fsp3) is 0.222. The standard InChI is InChI=1S/C9H9ClN2O2S/c1-6-8-4-3-7(15(10,13)14)5-9(8)12(2)11-6/h3-5H,1-2H3. The van der Waals surface area contributed by atoms with Crippen molar-refractivity contribution in [1.82, 2.24) is 9.78 Å². The highest BCUT2D eigenvalue weighted by Crippen LogP contribution is 2.23. The second-order valence-electron chi connectivity index (χ2n) is 3.33.